The smallest absolute Gasteiger partial charge is 0.311 e. The second-order valence-electron chi connectivity index (χ2n) is 5.73. The van der Waals surface area contributed by atoms with Crippen LogP contribution in [0.15, 0.2) is 48.5 Å². The van der Waals surface area contributed by atoms with E-state index in [1.165, 1.54) is 0 Å². The molecule has 2 rings (SSSR count). The molecule has 0 bridgehead atoms. The summed E-state index contributed by atoms with van der Waals surface area (Å²) in [6.07, 6.45) is -0.226. The van der Waals surface area contributed by atoms with Crippen molar-refractivity contribution in [3.63, 3.8) is 0 Å². The normalized spacial score (nSPS) is 13.3. The molecular weight excluding hydrogens is 292 g/mol. The molecule has 23 heavy (non-hydrogen) atoms. The molecule has 0 saturated carbocycles. The minimum absolute atomic E-state index is 0.226. The molecule has 4 nitrogen and oxygen atoms in total. The van der Waals surface area contributed by atoms with Gasteiger partial charge in [0, 0.05) is 5.92 Å². The first kappa shape index (κ1) is 16.7. The van der Waals surface area contributed by atoms with Gasteiger partial charge < -0.3 is 10.2 Å². The van der Waals surface area contributed by atoms with Gasteiger partial charge in [-0.3, -0.25) is 9.59 Å². The molecular formula is C19H20O4. The highest BCUT2D eigenvalue weighted by molar-refractivity contribution is 5.80. The second kappa shape index (κ2) is 7.09. The molecule has 4 heteroatoms. The molecule has 2 aromatic carbocycles. The van der Waals surface area contributed by atoms with Gasteiger partial charge in [-0.15, -0.1) is 0 Å². The molecule has 2 aromatic rings. The van der Waals surface area contributed by atoms with Crippen LogP contribution in [0.2, 0.25) is 0 Å². The highest BCUT2D eigenvalue weighted by atomic mass is 16.4. The van der Waals surface area contributed by atoms with Crippen molar-refractivity contribution >= 4 is 11.9 Å². The quantitative estimate of drug-likeness (QED) is 0.852. The van der Waals surface area contributed by atoms with Gasteiger partial charge in [-0.25, -0.2) is 0 Å². The third-order valence-electron chi connectivity index (χ3n) is 4.17. The molecule has 0 aromatic heterocycles. The van der Waals surface area contributed by atoms with Crippen LogP contribution in [0, 0.1) is 13.8 Å². The van der Waals surface area contributed by atoms with Crippen LogP contribution >= 0.6 is 0 Å². The van der Waals surface area contributed by atoms with Crippen molar-refractivity contribution in [2.45, 2.75) is 32.1 Å². The van der Waals surface area contributed by atoms with E-state index in [9.17, 15) is 19.8 Å². The van der Waals surface area contributed by atoms with Crippen molar-refractivity contribution in [3.05, 3.63) is 70.8 Å². The zero-order valence-electron chi connectivity index (χ0n) is 13.2. The van der Waals surface area contributed by atoms with Crippen LogP contribution in [0.25, 0.3) is 0 Å². The van der Waals surface area contributed by atoms with Crippen molar-refractivity contribution < 1.29 is 19.8 Å². The summed E-state index contributed by atoms with van der Waals surface area (Å²) in [5.74, 6) is -3.52. The van der Waals surface area contributed by atoms with E-state index >= 15 is 0 Å². The maximum atomic E-state index is 12.0. The fourth-order valence-corrected chi connectivity index (χ4v) is 3.06. The van der Waals surface area contributed by atoms with E-state index in [0.29, 0.717) is 5.56 Å². The summed E-state index contributed by atoms with van der Waals surface area (Å²) in [7, 11) is 0. The second-order valence-corrected chi connectivity index (χ2v) is 5.73. The van der Waals surface area contributed by atoms with E-state index in [0.717, 1.165) is 16.7 Å². The molecule has 2 N–H and O–H groups in total. The topological polar surface area (TPSA) is 74.6 Å². The summed E-state index contributed by atoms with van der Waals surface area (Å²) >= 11 is 0. The molecule has 0 aliphatic heterocycles. The minimum atomic E-state index is -1.01. The van der Waals surface area contributed by atoms with Crippen LogP contribution in [-0.4, -0.2) is 22.2 Å². The van der Waals surface area contributed by atoms with Crippen molar-refractivity contribution in [2.75, 3.05) is 0 Å². The number of carboxylic acid groups (broad SMARTS) is 2. The molecule has 2 unspecified atom stereocenters. The van der Waals surface area contributed by atoms with Crippen LogP contribution < -0.4 is 0 Å². The first-order chi connectivity index (χ1) is 10.9. The number of benzene rings is 2. The van der Waals surface area contributed by atoms with Gasteiger partial charge in [-0.05, 0) is 36.1 Å². The average molecular weight is 312 g/mol. The van der Waals surface area contributed by atoms with Crippen LogP contribution in [0.4, 0.5) is 0 Å². The molecule has 0 saturated heterocycles. The largest absolute Gasteiger partial charge is 0.481 e. The fourth-order valence-electron chi connectivity index (χ4n) is 3.06. The standard InChI is InChI=1S/C19H20O4/c1-12-7-3-5-9-14(12)16(11-17(20)21)18(19(22)23)15-10-6-4-8-13(15)2/h3-10,16,18H,11H2,1-2H3,(H,20,21)(H,22,23). The maximum absolute atomic E-state index is 12.0. The Morgan fingerprint density at radius 2 is 1.35 bits per heavy atom. The van der Waals surface area contributed by atoms with E-state index in [2.05, 4.69) is 0 Å². The molecule has 0 fully saturated rings. The monoisotopic (exact) mass is 312 g/mol. The number of hydrogen-bond donors (Lipinski definition) is 2. The number of rotatable bonds is 6. The van der Waals surface area contributed by atoms with Crippen LogP contribution in [0.5, 0.6) is 0 Å². The summed E-state index contributed by atoms with van der Waals surface area (Å²) in [5, 5.41) is 19.1. The average Bonchev–Trinajstić information content (AvgIpc) is 2.48. The Bertz CT molecular complexity index is 721. The minimum Gasteiger partial charge on any atom is -0.481 e. The SMILES string of the molecule is Cc1ccccc1C(CC(=O)O)C(C(=O)O)c1ccccc1C. The van der Waals surface area contributed by atoms with Crippen molar-refractivity contribution in [3.8, 4) is 0 Å². The predicted molar refractivity (Wildman–Crippen MR) is 87.7 cm³/mol. The predicted octanol–water partition coefficient (Wildman–Crippen LogP) is 3.73. The number of hydrogen-bond acceptors (Lipinski definition) is 2. The zero-order chi connectivity index (χ0) is 17.0. The van der Waals surface area contributed by atoms with E-state index in [-0.39, 0.29) is 6.42 Å². The number of aliphatic carboxylic acids is 2. The lowest BCUT2D eigenvalue weighted by atomic mass is 9.77. The summed E-state index contributed by atoms with van der Waals surface area (Å²) in [6.45, 7) is 3.72. The van der Waals surface area contributed by atoms with Gasteiger partial charge in [0.05, 0.1) is 12.3 Å². The van der Waals surface area contributed by atoms with Crippen molar-refractivity contribution in [1.82, 2.24) is 0 Å². The van der Waals surface area contributed by atoms with Crippen LogP contribution in [-0.2, 0) is 9.59 Å². The molecule has 0 aliphatic rings. The summed E-state index contributed by atoms with van der Waals surface area (Å²) < 4.78 is 0. The Hall–Kier alpha value is -2.62. The van der Waals surface area contributed by atoms with Gasteiger partial charge >= 0.3 is 11.9 Å². The first-order valence-corrected chi connectivity index (χ1v) is 7.47. The van der Waals surface area contributed by atoms with Gasteiger partial charge in [0.15, 0.2) is 0 Å². The van der Waals surface area contributed by atoms with E-state index < -0.39 is 23.8 Å². The summed E-state index contributed by atoms with van der Waals surface area (Å²) in [5.41, 5.74) is 3.18. The van der Waals surface area contributed by atoms with Crippen molar-refractivity contribution in [1.29, 1.82) is 0 Å². The van der Waals surface area contributed by atoms with Gasteiger partial charge in [-0.1, -0.05) is 48.5 Å². The fraction of sp³-hybridized carbons (Fsp3) is 0.263. The third kappa shape index (κ3) is 3.77. The van der Waals surface area contributed by atoms with E-state index in [1.54, 1.807) is 12.1 Å². The van der Waals surface area contributed by atoms with Crippen LogP contribution in [0.1, 0.15) is 40.5 Å². The Labute approximate surface area is 135 Å². The summed E-state index contributed by atoms with van der Waals surface area (Å²) in [6, 6.07) is 14.6. The van der Waals surface area contributed by atoms with Gasteiger partial charge in [-0.2, -0.15) is 0 Å². The molecule has 0 radical (unpaired) electrons. The molecule has 120 valence electrons. The lowest BCUT2D eigenvalue weighted by Gasteiger charge is -2.26. The number of carboxylic acids is 2. The van der Waals surface area contributed by atoms with Gasteiger partial charge in [0.2, 0.25) is 0 Å². The molecule has 0 spiro atoms. The highest BCUT2D eigenvalue weighted by Gasteiger charge is 2.34. The Balaban J connectivity index is 2.59. The Morgan fingerprint density at radius 3 is 1.78 bits per heavy atom. The zero-order valence-corrected chi connectivity index (χ0v) is 13.2. The van der Waals surface area contributed by atoms with E-state index in [1.807, 2.05) is 50.2 Å². The number of aryl methyl sites for hydroxylation is 2. The van der Waals surface area contributed by atoms with Crippen LogP contribution in [0.3, 0.4) is 0 Å². The van der Waals surface area contributed by atoms with E-state index in [4.69, 9.17) is 0 Å². The van der Waals surface area contributed by atoms with Gasteiger partial charge in [0.25, 0.3) is 0 Å². The summed E-state index contributed by atoms with van der Waals surface area (Å²) in [4.78, 5) is 23.3. The molecule has 0 amide bonds. The Morgan fingerprint density at radius 1 is 0.870 bits per heavy atom. The van der Waals surface area contributed by atoms with Gasteiger partial charge in [0.1, 0.15) is 0 Å². The highest BCUT2D eigenvalue weighted by Crippen LogP contribution is 2.38. The maximum Gasteiger partial charge on any atom is 0.311 e. The van der Waals surface area contributed by atoms with Crippen molar-refractivity contribution in [2.24, 2.45) is 0 Å². The lowest BCUT2D eigenvalue weighted by Crippen LogP contribution is -2.24. The Kier molecular flexibility index (Phi) is 5.16. The molecule has 0 aliphatic carbocycles. The number of carbonyl (C=O) groups is 2. The third-order valence-corrected chi connectivity index (χ3v) is 4.17. The first-order valence-electron chi connectivity index (χ1n) is 7.47. The lowest BCUT2D eigenvalue weighted by molar-refractivity contribution is -0.140. The molecule has 2 atom stereocenters. The molecule has 0 heterocycles.